The maximum atomic E-state index is 12.2. The maximum Gasteiger partial charge on any atom is 0.308 e. The highest BCUT2D eigenvalue weighted by molar-refractivity contribution is 6.34. The van der Waals surface area contributed by atoms with Gasteiger partial charge in [0.05, 0.1) is 23.1 Å². The molecule has 3 N–H and O–H groups in total. The number of carbonyl (C=O) groups is 2. The van der Waals surface area contributed by atoms with E-state index in [0.717, 1.165) is 25.7 Å². The molecule has 120 valence electrons. The molecule has 1 aliphatic rings. The van der Waals surface area contributed by atoms with Crippen LogP contribution in [0.4, 0.5) is 5.69 Å². The minimum Gasteiger partial charge on any atom is -0.466 e. The van der Waals surface area contributed by atoms with Crippen LogP contribution in [0.15, 0.2) is 18.2 Å². The number of amides is 1. The van der Waals surface area contributed by atoms with Gasteiger partial charge in [-0.3, -0.25) is 9.59 Å². The fourth-order valence-electron chi connectivity index (χ4n) is 2.71. The maximum absolute atomic E-state index is 12.2. The molecule has 0 unspecified atom stereocenters. The number of hydrogen-bond donors (Lipinski definition) is 2. The van der Waals surface area contributed by atoms with Crippen LogP contribution in [0, 0.1) is 5.92 Å². The summed E-state index contributed by atoms with van der Waals surface area (Å²) in [4.78, 5) is 23.9. The van der Waals surface area contributed by atoms with Gasteiger partial charge in [0.1, 0.15) is 0 Å². The number of hydrogen-bond acceptors (Lipinski definition) is 4. The predicted octanol–water partition coefficient (Wildman–Crippen LogP) is 2.77. The van der Waals surface area contributed by atoms with Crippen LogP contribution in [0.2, 0.25) is 5.02 Å². The summed E-state index contributed by atoms with van der Waals surface area (Å²) in [7, 11) is 0. The van der Waals surface area contributed by atoms with E-state index in [0.29, 0.717) is 22.9 Å². The fourth-order valence-corrected chi connectivity index (χ4v) is 2.99. The molecule has 0 atom stereocenters. The van der Waals surface area contributed by atoms with Crippen molar-refractivity contribution in [3.8, 4) is 0 Å². The SMILES string of the molecule is CCOC(=O)C1CCC(NC(=O)c2ccc(N)cc2Cl)CC1. The Bertz CT molecular complexity index is 554. The molecule has 0 radical (unpaired) electrons. The molecule has 1 saturated carbocycles. The van der Waals surface area contributed by atoms with E-state index in [2.05, 4.69) is 5.32 Å². The second kappa shape index (κ2) is 7.49. The molecule has 2 rings (SSSR count). The van der Waals surface area contributed by atoms with Gasteiger partial charge in [-0.25, -0.2) is 0 Å². The molecule has 0 spiro atoms. The summed E-state index contributed by atoms with van der Waals surface area (Å²) in [5.41, 5.74) is 6.56. The quantitative estimate of drug-likeness (QED) is 0.659. The van der Waals surface area contributed by atoms with Crippen LogP contribution < -0.4 is 11.1 Å². The molecule has 0 saturated heterocycles. The Morgan fingerprint density at radius 1 is 1.32 bits per heavy atom. The minimum absolute atomic E-state index is 0.0480. The van der Waals surface area contributed by atoms with Gasteiger partial charge in [-0.05, 0) is 50.8 Å². The molecular formula is C16H21ClN2O3. The van der Waals surface area contributed by atoms with Crippen LogP contribution in [-0.4, -0.2) is 24.5 Å². The second-order valence-corrected chi connectivity index (χ2v) is 5.92. The third-order valence-electron chi connectivity index (χ3n) is 3.92. The normalized spacial score (nSPS) is 21.2. The average Bonchev–Trinajstić information content (AvgIpc) is 2.48. The lowest BCUT2D eigenvalue weighted by Gasteiger charge is -2.28. The molecule has 6 heteroatoms. The first kappa shape index (κ1) is 16.6. The first-order chi connectivity index (χ1) is 10.5. The summed E-state index contributed by atoms with van der Waals surface area (Å²) in [6.45, 7) is 2.21. The molecule has 1 aliphatic carbocycles. The minimum atomic E-state index is -0.204. The highest BCUT2D eigenvalue weighted by atomic mass is 35.5. The average molecular weight is 325 g/mol. The number of nitrogen functional groups attached to an aromatic ring is 1. The van der Waals surface area contributed by atoms with Crippen molar-refractivity contribution in [2.45, 2.75) is 38.6 Å². The van der Waals surface area contributed by atoms with Gasteiger partial charge in [0.2, 0.25) is 0 Å². The van der Waals surface area contributed by atoms with Crippen LogP contribution >= 0.6 is 11.6 Å². The summed E-state index contributed by atoms with van der Waals surface area (Å²) in [6.07, 6.45) is 3.00. The van der Waals surface area contributed by atoms with Gasteiger partial charge in [0.25, 0.3) is 5.91 Å². The van der Waals surface area contributed by atoms with E-state index in [1.165, 1.54) is 0 Å². The number of esters is 1. The number of ether oxygens (including phenoxy) is 1. The summed E-state index contributed by atoms with van der Waals surface area (Å²) in [6, 6.07) is 4.90. The highest BCUT2D eigenvalue weighted by Crippen LogP contribution is 2.26. The molecular weight excluding hydrogens is 304 g/mol. The van der Waals surface area contributed by atoms with Gasteiger partial charge in [-0.1, -0.05) is 11.6 Å². The van der Waals surface area contributed by atoms with Crippen LogP contribution in [0.1, 0.15) is 43.0 Å². The van der Waals surface area contributed by atoms with E-state index in [-0.39, 0.29) is 23.8 Å². The Morgan fingerprint density at radius 2 is 2.00 bits per heavy atom. The number of nitrogens with two attached hydrogens (primary N) is 1. The molecule has 22 heavy (non-hydrogen) atoms. The predicted molar refractivity (Wildman–Crippen MR) is 85.7 cm³/mol. The molecule has 1 amide bonds. The molecule has 5 nitrogen and oxygen atoms in total. The van der Waals surface area contributed by atoms with Gasteiger partial charge < -0.3 is 15.8 Å². The first-order valence-electron chi connectivity index (χ1n) is 7.53. The Hall–Kier alpha value is -1.75. The smallest absolute Gasteiger partial charge is 0.308 e. The zero-order valence-electron chi connectivity index (χ0n) is 12.6. The third-order valence-corrected chi connectivity index (χ3v) is 4.23. The van der Waals surface area contributed by atoms with Crippen molar-refractivity contribution in [3.63, 3.8) is 0 Å². The van der Waals surface area contributed by atoms with E-state index in [9.17, 15) is 9.59 Å². The van der Waals surface area contributed by atoms with Gasteiger partial charge in [0.15, 0.2) is 0 Å². The lowest BCUT2D eigenvalue weighted by Crippen LogP contribution is -2.39. The van der Waals surface area contributed by atoms with E-state index < -0.39 is 0 Å². The molecule has 1 aromatic rings. The third kappa shape index (κ3) is 4.13. The summed E-state index contributed by atoms with van der Waals surface area (Å²) in [5.74, 6) is -0.383. The van der Waals surface area contributed by atoms with Crippen LogP contribution in [-0.2, 0) is 9.53 Å². The van der Waals surface area contributed by atoms with E-state index in [1.54, 1.807) is 25.1 Å². The Labute approximate surface area is 135 Å². The fraction of sp³-hybridized carbons (Fsp3) is 0.500. The van der Waals surface area contributed by atoms with Crippen molar-refractivity contribution in [1.29, 1.82) is 0 Å². The van der Waals surface area contributed by atoms with Gasteiger partial charge >= 0.3 is 5.97 Å². The van der Waals surface area contributed by atoms with Crippen LogP contribution in [0.3, 0.4) is 0 Å². The largest absolute Gasteiger partial charge is 0.466 e. The number of benzene rings is 1. The lowest BCUT2D eigenvalue weighted by molar-refractivity contribution is -0.149. The van der Waals surface area contributed by atoms with E-state index in [1.807, 2.05) is 0 Å². The Balaban J connectivity index is 1.88. The Kier molecular flexibility index (Phi) is 5.66. The zero-order valence-corrected chi connectivity index (χ0v) is 13.4. The number of nitrogens with one attached hydrogen (secondary N) is 1. The van der Waals surface area contributed by atoms with Gasteiger partial charge in [0, 0.05) is 11.7 Å². The molecule has 0 bridgehead atoms. The topological polar surface area (TPSA) is 81.4 Å². The lowest BCUT2D eigenvalue weighted by atomic mass is 9.86. The van der Waals surface area contributed by atoms with Crippen molar-refractivity contribution in [3.05, 3.63) is 28.8 Å². The Morgan fingerprint density at radius 3 is 2.59 bits per heavy atom. The summed E-state index contributed by atoms with van der Waals surface area (Å²) < 4.78 is 5.04. The number of anilines is 1. The van der Waals surface area contributed by atoms with Crippen molar-refractivity contribution in [2.24, 2.45) is 5.92 Å². The number of carbonyl (C=O) groups excluding carboxylic acids is 2. The van der Waals surface area contributed by atoms with Gasteiger partial charge in [-0.2, -0.15) is 0 Å². The molecule has 0 heterocycles. The highest BCUT2D eigenvalue weighted by Gasteiger charge is 2.28. The van der Waals surface area contributed by atoms with Crippen molar-refractivity contribution in [2.75, 3.05) is 12.3 Å². The molecule has 1 fully saturated rings. The molecule has 0 aliphatic heterocycles. The van der Waals surface area contributed by atoms with Crippen LogP contribution in [0.25, 0.3) is 0 Å². The zero-order chi connectivity index (χ0) is 16.1. The second-order valence-electron chi connectivity index (χ2n) is 5.51. The van der Waals surface area contributed by atoms with Gasteiger partial charge in [-0.15, -0.1) is 0 Å². The van der Waals surface area contributed by atoms with Crippen molar-refractivity contribution >= 4 is 29.2 Å². The number of halogens is 1. The van der Waals surface area contributed by atoms with Crippen LogP contribution in [0.5, 0.6) is 0 Å². The monoisotopic (exact) mass is 324 g/mol. The first-order valence-corrected chi connectivity index (χ1v) is 7.91. The standard InChI is InChI=1S/C16H21ClN2O3/c1-2-22-16(21)10-3-6-12(7-4-10)19-15(20)13-8-5-11(18)9-14(13)17/h5,8-10,12H,2-4,6-7,18H2,1H3,(H,19,20). The van der Waals surface area contributed by atoms with Crippen molar-refractivity contribution in [1.82, 2.24) is 5.32 Å². The number of rotatable bonds is 4. The summed E-state index contributed by atoms with van der Waals surface area (Å²) >= 11 is 6.04. The van der Waals surface area contributed by atoms with Crippen molar-refractivity contribution < 1.29 is 14.3 Å². The summed E-state index contributed by atoms with van der Waals surface area (Å²) in [5, 5.41) is 3.32. The van der Waals surface area contributed by atoms with E-state index >= 15 is 0 Å². The molecule has 1 aromatic carbocycles. The molecule has 0 aromatic heterocycles. The van der Waals surface area contributed by atoms with E-state index in [4.69, 9.17) is 22.1 Å².